The van der Waals surface area contributed by atoms with Crippen LogP contribution in [0.2, 0.25) is 0 Å². The van der Waals surface area contributed by atoms with E-state index in [1.54, 1.807) is 0 Å². The highest BCUT2D eigenvalue weighted by Gasteiger charge is 2.60. The Balaban J connectivity index is 1.11. The molecule has 0 aromatic heterocycles. The minimum Gasteiger partial charge on any atom is -0.463 e. The first-order valence-electron chi connectivity index (χ1n) is 27.8. The summed E-state index contributed by atoms with van der Waals surface area (Å²) in [5.74, 6) is 3.78. The van der Waals surface area contributed by atoms with Crippen LogP contribution >= 0.6 is 0 Å². The summed E-state index contributed by atoms with van der Waals surface area (Å²) in [6.07, 6.45) is 28.5. The van der Waals surface area contributed by atoms with Crippen LogP contribution in [0.25, 0.3) is 0 Å². The lowest BCUT2D eigenvalue weighted by atomic mass is 9.47. The second-order valence-corrected chi connectivity index (χ2v) is 23.0. The van der Waals surface area contributed by atoms with Crippen LogP contribution in [0.3, 0.4) is 0 Å². The minimum absolute atomic E-state index is 0.117. The van der Waals surface area contributed by atoms with E-state index in [4.69, 9.17) is 23.7 Å². The number of carbonyl (C=O) groups excluding carboxylic acids is 3. The number of fused-ring (bicyclic) bond motifs is 5. The molecule has 0 radical (unpaired) electrons. The Morgan fingerprint density at radius 2 is 1.36 bits per heavy atom. The molecule has 4 fully saturated rings. The highest BCUT2D eigenvalue weighted by Crippen LogP contribution is 2.67. The predicted molar refractivity (Wildman–Crippen MR) is 263 cm³/mol. The van der Waals surface area contributed by atoms with Gasteiger partial charge in [0.1, 0.15) is 18.8 Å². The van der Waals surface area contributed by atoms with E-state index < -0.39 is 42.6 Å². The van der Waals surface area contributed by atoms with Crippen molar-refractivity contribution in [1.29, 1.82) is 0 Å². The lowest BCUT2D eigenvalue weighted by Gasteiger charge is -2.58. The van der Waals surface area contributed by atoms with E-state index in [9.17, 15) is 19.5 Å². The fourth-order valence-electron chi connectivity index (χ4n) is 14.3. The van der Waals surface area contributed by atoms with E-state index in [1.807, 2.05) is 0 Å². The van der Waals surface area contributed by atoms with Gasteiger partial charge in [-0.1, -0.05) is 163 Å². The molecule has 4 aliphatic carbocycles. The van der Waals surface area contributed by atoms with Gasteiger partial charge in [-0.3, -0.25) is 14.4 Å². The Morgan fingerprint density at radius 3 is 1.95 bits per heavy atom. The zero-order chi connectivity index (χ0) is 47.9. The van der Waals surface area contributed by atoms with Crippen molar-refractivity contribution >= 4 is 17.9 Å². The number of ether oxygens (including phenoxy) is 5. The van der Waals surface area contributed by atoms with E-state index in [-0.39, 0.29) is 30.5 Å². The van der Waals surface area contributed by atoms with Crippen LogP contribution in [-0.2, 0) is 38.1 Å². The number of allylic oxidation sites excluding steroid dienone is 1. The Hall–Kier alpha value is -1.97. The van der Waals surface area contributed by atoms with Crippen molar-refractivity contribution in [3.05, 3.63) is 11.6 Å². The van der Waals surface area contributed by atoms with Crippen molar-refractivity contribution < 1.29 is 43.2 Å². The molecular weight excluding hydrogens is 829 g/mol. The summed E-state index contributed by atoms with van der Waals surface area (Å²) in [4.78, 5) is 37.6. The minimum atomic E-state index is -1.43. The van der Waals surface area contributed by atoms with Gasteiger partial charge in [0.25, 0.3) is 0 Å². The molecule has 1 N–H and O–H groups in total. The van der Waals surface area contributed by atoms with Crippen LogP contribution in [0, 0.1) is 52.3 Å². The van der Waals surface area contributed by atoms with Crippen LogP contribution in [0.15, 0.2) is 11.6 Å². The van der Waals surface area contributed by atoms with Crippen LogP contribution in [0.5, 0.6) is 0 Å². The van der Waals surface area contributed by atoms with Crippen LogP contribution < -0.4 is 0 Å². The fraction of sp³-hybridized carbons (Fsp3) is 0.912. The second kappa shape index (κ2) is 26.9. The summed E-state index contributed by atoms with van der Waals surface area (Å²) in [6.45, 7) is 19.5. The summed E-state index contributed by atoms with van der Waals surface area (Å²) in [7, 11) is 0. The number of esters is 3. The number of hydrogen-bond donors (Lipinski definition) is 1. The highest BCUT2D eigenvalue weighted by molar-refractivity contribution is 5.69. The number of unbranched alkanes of at least 4 members (excludes halogenated alkanes) is 14. The van der Waals surface area contributed by atoms with Gasteiger partial charge < -0.3 is 28.8 Å². The molecule has 9 nitrogen and oxygen atoms in total. The molecule has 3 saturated carbocycles. The predicted octanol–water partition coefficient (Wildman–Crippen LogP) is 13.8. The van der Waals surface area contributed by atoms with Crippen molar-refractivity contribution in [2.45, 2.75) is 272 Å². The summed E-state index contributed by atoms with van der Waals surface area (Å²) in [5, 5.41) is 11.6. The maximum Gasteiger partial charge on any atom is 0.305 e. The van der Waals surface area contributed by atoms with Gasteiger partial charge in [0.15, 0.2) is 18.5 Å². The molecule has 0 bridgehead atoms. The average Bonchev–Trinajstić information content (AvgIpc) is 3.64. The molecule has 0 spiro atoms. The van der Waals surface area contributed by atoms with Gasteiger partial charge in [-0.25, -0.2) is 0 Å². The van der Waals surface area contributed by atoms with E-state index >= 15 is 0 Å². The third kappa shape index (κ3) is 14.8. The zero-order valence-corrected chi connectivity index (χ0v) is 43.6. The van der Waals surface area contributed by atoms with Crippen LogP contribution in [0.1, 0.15) is 236 Å². The first-order valence-corrected chi connectivity index (χ1v) is 27.8. The van der Waals surface area contributed by atoms with Gasteiger partial charge in [0.2, 0.25) is 0 Å². The largest absolute Gasteiger partial charge is 0.463 e. The molecule has 0 aromatic carbocycles. The van der Waals surface area contributed by atoms with Crippen molar-refractivity contribution in [3.63, 3.8) is 0 Å². The summed E-state index contributed by atoms with van der Waals surface area (Å²) in [6, 6.07) is 0. The number of aliphatic hydroxyl groups is 1. The molecule has 1 aliphatic heterocycles. The molecule has 380 valence electrons. The zero-order valence-electron chi connectivity index (χ0n) is 43.6. The Morgan fingerprint density at radius 1 is 0.758 bits per heavy atom. The van der Waals surface area contributed by atoms with Crippen molar-refractivity contribution in [3.8, 4) is 0 Å². The number of carbonyl (C=O) groups is 3. The quantitative estimate of drug-likeness (QED) is 0.0354. The maximum atomic E-state index is 13.0. The standard InChI is InChI=1S/C57H98O9/c1-10-12-13-14-15-16-17-18-19-20-21-22-23-24-25-26-51(60)62-38-50-53(63-41(6)58)52(61)54(64-42(7)59)55(66-50)65-45-33-35-56(8)44(37-45)29-30-46-48-32-31-47(57(48,9)36-34-49(46)56)40(5)27-28-43(11-2)39(3)4/h29,39-40,43,45-50,52-55,61H,10-28,30-38H2,1-9H3. The molecule has 1 saturated heterocycles. The van der Waals surface area contributed by atoms with Crippen molar-refractivity contribution in [1.82, 2.24) is 0 Å². The molecule has 0 amide bonds. The van der Waals surface area contributed by atoms with E-state index in [0.717, 1.165) is 80.5 Å². The Labute approximate surface area is 402 Å². The molecule has 9 heteroatoms. The average molecular weight is 927 g/mol. The molecule has 0 aromatic rings. The topological polar surface area (TPSA) is 118 Å². The van der Waals surface area contributed by atoms with Gasteiger partial charge >= 0.3 is 17.9 Å². The fourth-order valence-corrected chi connectivity index (χ4v) is 14.3. The van der Waals surface area contributed by atoms with E-state index in [0.29, 0.717) is 11.3 Å². The molecule has 1 heterocycles. The third-order valence-electron chi connectivity index (χ3n) is 18.2. The molecule has 14 atom stereocenters. The molecular formula is C57H98O9. The highest BCUT2D eigenvalue weighted by atomic mass is 16.7. The second-order valence-electron chi connectivity index (χ2n) is 23.0. The van der Waals surface area contributed by atoms with Crippen molar-refractivity contribution in [2.24, 2.45) is 52.3 Å². The first kappa shape index (κ1) is 55.0. The summed E-state index contributed by atoms with van der Waals surface area (Å²) >= 11 is 0. The lowest BCUT2D eigenvalue weighted by molar-refractivity contribution is -0.317. The normalized spacial score (nSPS) is 33.8. The number of aliphatic hydroxyl groups excluding tert-OH is 1. The molecule has 14 unspecified atom stereocenters. The van der Waals surface area contributed by atoms with Crippen LogP contribution in [0.4, 0.5) is 0 Å². The van der Waals surface area contributed by atoms with Gasteiger partial charge in [-0.05, 0) is 116 Å². The SMILES string of the molecule is CCCCCCCCCCCCCCCCCC(=O)OCC1OC(OC2CCC3(C)C(=CCC4C3CCC3(C)C(C(C)CCC(CC)C(C)C)CCC43)C2)C(OC(C)=O)C(O)C1OC(C)=O. The van der Waals surface area contributed by atoms with Gasteiger partial charge in [-0.15, -0.1) is 0 Å². The molecule has 5 rings (SSSR count). The molecule has 66 heavy (non-hydrogen) atoms. The number of rotatable bonds is 28. The van der Waals surface area contributed by atoms with Gasteiger partial charge in [0, 0.05) is 20.3 Å². The lowest BCUT2D eigenvalue weighted by Crippen LogP contribution is -2.62. The first-order chi connectivity index (χ1) is 31.6. The Bertz CT molecular complexity index is 1510. The van der Waals surface area contributed by atoms with Gasteiger partial charge in [0.05, 0.1) is 6.10 Å². The Kier molecular flexibility index (Phi) is 22.4. The van der Waals surface area contributed by atoms with Gasteiger partial charge in [-0.2, -0.15) is 0 Å². The smallest absolute Gasteiger partial charge is 0.305 e. The van der Waals surface area contributed by atoms with E-state index in [2.05, 4.69) is 54.5 Å². The number of hydrogen-bond acceptors (Lipinski definition) is 9. The van der Waals surface area contributed by atoms with Crippen LogP contribution in [-0.4, -0.2) is 66.4 Å². The summed E-state index contributed by atoms with van der Waals surface area (Å²) < 4.78 is 30.0. The maximum absolute atomic E-state index is 13.0. The van der Waals surface area contributed by atoms with E-state index in [1.165, 1.54) is 141 Å². The summed E-state index contributed by atoms with van der Waals surface area (Å²) in [5.41, 5.74) is 2.01. The third-order valence-corrected chi connectivity index (χ3v) is 18.2. The van der Waals surface area contributed by atoms with Crippen molar-refractivity contribution in [2.75, 3.05) is 6.61 Å². The molecule has 5 aliphatic rings. The monoisotopic (exact) mass is 927 g/mol.